The second kappa shape index (κ2) is 10.9. The van der Waals surface area contributed by atoms with Crippen LogP contribution in [0.4, 0.5) is 5.69 Å². The molecule has 0 radical (unpaired) electrons. The monoisotopic (exact) mass is 501 g/mol. The highest BCUT2D eigenvalue weighted by atomic mass is 16.5. The highest BCUT2D eigenvalue weighted by Crippen LogP contribution is 2.30. The van der Waals surface area contributed by atoms with Gasteiger partial charge < -0.3 is 19.1 Å². The number of hydrogen-bond acceptors (Lipinski definition) is 6. The molecule has 0 saturated carbocycles. The quantitative estimate of drug-likeness (QED) is 0.297. The van der Waals surface area contributed by atoms with Crippen molar-refractivity contribution in [1.82, 2.24) is 0 Å². The van der Waals surface area contributed by atoms with Crippen molar-refractivity contribution in [3.05, 3.63) is 83.9 Å². The van der Waals surface area contributed by atoms with Gasteiger partial charge in [-0.2, -0.15) is 0 Å². The SMILES string of the molecule is COc1cccc(C(=O)COC(=O)[C@H]2CC(=O)N(c3ccc(Oc4ccc(C(C)(C)C)cc4)cc3)C2)c1. The molecule has 3 aromatic rings. The summed E-state index contributed by atoms with van der Waals surface area (Å²) in [5.41, 5.74) is 2.35. The van der Waals surface area contributed by atoms with Gasteiger partial charge in [0.15, 0.2) is 12.4 Å². The molecule has 4 rings (SSSR count). The van der Waals surface area contributed by atoms with Gasteiger partial charge in [-0.1, -0.05) is 45.0 Å². The van der Waals surface area contributed by atoms with Gasteiger partial charge in [-0.25, -0.2) is 0 Å². The van der Waals surface area contributed by atoms with Crippen molar-refractivity contribution in [2.45, 2.75) is 32.6 Å². The van der Waals surface area contributed by atoms with E-state index in [2.05, 4.69) is 32.9 Å². The molecular formula is C30H31NO6. The van der Waals surface area contributed by atoms with Crippen molar-refractivity contribution in [2.24, 2.45) is 5.92 Å². The normalized spacial score (nSPS) is 15.4. The molecular weight excluding hydrogens is 470 g/mol. The summed E-state index contributed by atoms with van der Waals surface area (Å²) >= 11 is 0. The van der Waals surface area contributed by atoms with Gasteiger partial charge in [-0.05, 0) is 59.5 Å². The van der Waals surface area contributed by atoms with Crippen LogP contribution in [0.15, 0.2) is 72.8 Å². The zero-order chi connectivity index (χ0) is 26.6. The lowest BCUT2D eigenvalue weighted by Crippen LogP contribution is -2.27. The smallest absolute Gasteiger partial charge is 0.311 e. The average Bonchev–Trinajstić information content (AvgIpc) is 3.29. The predicted octanol–water partition coefficient (Wildman–Crippen LogP) is 5.56. The molecule has 37 heavy (non-hydrogen) atoms. The number of hydrogen-bond donors (Lipinski definition) is 0. The van der Waals surface area contributed by atoms with E-state index in [0.717, 1.165) is 5.75 Å². The molecule has 1 heterocycles. The topological polar surface area (TPSA) is 82.1 Å². The number of nitrogens with zero attached hydrogens (tertiary/aromatic N) is 1. The number of esters is 1. The van der Waals surface area contributed by atoms with Gasteiger partial charge in [-0.15, -0.1) is 0 Å². The van der Waals surface area contributed by atoms with E-state index in [0.29, 0.717) is 22.7 Å². The molecule has 0 aromatic heterocycles. The Morgan fingerprint density at radius 3 is 2.19 bits per heavy atom. The zero-order valence-electron chi connectivity index (χ0n) is 21.5. The van der Waals surface area contributed by atoms with Gasteiger partial charge >= 0.3 is 5.97 Å². The average molecular weight is 502 g/mol. The van der Waals surface area contributed by atoms with Crippen molar-refractivity contribution in [3.63, 3.8) is 0 Å². The van der Waals surface area contributed by atoms with Gasteiger partial charge in [0.1, 0.15) is 17.2 Å². The Morgan fingerprint density at radius 1 is 0.919 bits per heavy atom. The molecule has 192 valence electrons. The molecule has 1 amide bonds. The van der Waals surface area contributed by atoms with E-state index in [4.69, 9.17) is 14.2 Å². The molecule has 0 aliphatic carbocycles. The van der Waals surface area contributed by atoms with Crippen LogP contribution < -0.4 is 14.4 Å². The first-order valence-corrected chi connectivity index (χ1v) is 12.2. The standard InChI is InChI=1S/C30H31NO6/c1-30(2,3)22-8-12-24(13-9-22)37-25-14-10-23(11-15-25)31-18-21(17-28(31)33)29(34)36-19-27(32)20-6-5-7-26(16-20)35-4/h5-16,21H,17-19H2,1-4H3/t21-/m0/s1. The molecule has 7 nitrogen and oxygen atoms in total. The Labute approximate surface area is 217 Å². The molecule has 1 saturated heterocycles. The maximum Gasteiger partial charge on any atom is 0.311 e. The van der Waals surface area contributed by atoms with Gasteiger partial charge in [0.2, 0.25) is 5.91 Å². The maximum absolute atomic E-state index is 12.6. The van der Waals surface area contributed by atoms with E-state index >= 15 is 0 Å². The number of ketones is 1. The van der Waals surface area contributed by atoms with Crippen molar-refractivity contribution in [3.8, 4) is 17.2 Å². The summed E-state index contributed by atoms with van der Waals surface area (Å²) in [7, 11) is 1.51. The van der Waals surface area contributed by atoms with Crippen molar-refractivity contribution in [2.75, 3.05) is 25.2 Å². The third kappa shape index (κ3) is 6.36. The molecule has 0 N–H and O–H groups in total. The third-order valence-corrected chi connectivity index (χ3v) is 6.30. The Balaban J connectivity index is 1.32. The van der Waals surface area contributed by atoms with Crippen LogP contribution in [-0.4, -0.2) is 37.9 Å². The number of benzene rings is 3. The van der Waals surface area contributed by atoms with Crippen molar-refractivity contribution >= 4 is 23.3 Å². The lowest BCUT2D eigenvalue weighted by Gasteiger charge is -2.19. The van der Waals surface area contributed by atoms with E-state index in [9.17, 15) is 14.4 Å². The molecule has 7 heteroatoms. The first kappa shape index (κ1) is 25.9. The van der Waals surface area contributed by atoms with Gasteiger partial charge in [0.05, 0.1) is 13.0 Å². The summed E-state index contributed by atoms with van der Waals surface area (Å²) in [5.74, 6) is 0.206. The van der Waals surface area contributed by atoms with Crippen LogP contribution in [0.5, 0.6) is 17.2 Å². The van der Waals surface area contributed by atoms with Gasteiger partial charge in [-0.3, -0.25) is 14.4 Å². The summed E-state index contributed by atoms with van der Waals surface area (Å²) in [5, 5.41) is 0. The minimum Gasteiger partial charge on any atom is -0.497 e. The number of ether oxygens (including phenoxy) is 3. The lowest BCUT2D eigenvalue weighted by molar-refractivity contribution is -0.147. The molecule has 3 aromatic carbocycles. The number of amides is 1. The first-order valence-electron chi connectivity index (χ1n) is 12.2. The highest BCUT2D eigenvalue weighted by Gasteiger charge is 2.36. The molecule has 0 bridgehead atoms. The van der Waals surface area contributed by atoms with Gasteiger partial charge in [0.25, 0.3) is 0 Å². The van der Waals surface area contributed by atoms with Crippen LogP contribution in [0.2, 0.25) is 0 Å². The second-order valence-electron chi connectivity index (χ2n) is 10.0. The fraction of sp³-hybridized carbons (Fsp3) is 0.300. The van der Waals surface area contributed by atoms with Gasteiger partial charge in [0, 0.05) is 24.2 Å². The van der Waals surface area contributed by atoms with E-state index in [1.54, 1.807) is 53.4 Å². The summed E-state index contributed by atoms with van der Waals surface area (Å²) in [6.07, 6.45) is 0.0323. The third-order valence-electron chi connectivity index (χ3n) is 6.30. The second-order valence-corrected chi connectivity index (χ2v) is 10.0. The molecule has 0 spiro atoms. The number of anilines is 1. The Hall–Kier alpha value is -4.13. The highest BCUT2D eigenvalue weighted by molar-refractivity contribution is 6.01. The first-order chi connectivity index (χ1) is 17.6. The summed E-state index contributed by atoms with van der Waals surface area (Å²) in [4.78, 5) is 39.1. The Morgan fingerprint density at radius 2 is 1.57 bits per heavy atom. The number of Topliss-reactive ketones (excluding diaryl/α,β-unsaturated/α-hetero) is 1. The molecule has 1 aliphatic rings. The van der Waals surface area contributed by atoms with Crippen LogP contribution in [-0.2, 0) is 19.7 Å². The lowest BCUT2D eigenvalue weighted by atomic mass is 9.87. The van der Waals surface area contributed by atoms with Crippen molar-refractivity contribution in [1.29, 1.82) is 0 Å². The van der Waals surface area contributed by atoms with E-state index in [1.165, 1.54) is 12.7 Å². The number of carbonyl (C=O) groups excluding carboxylic acids is 3. The van der Waals surface area contributed by atoms with Crippen LogP contribution in [0.25, 0.3) is 0 Å². The number of carbonyl (C=O) groups is 3. The summed E-state index contributed by atoms with van der Waals surface area (Å²) in [6, 6.07) is 21.8. The van der Waals surface area contributed by atoms with E-state index in [-0.39, 0.29) is 36.7 Å². The molecule has 1 atom stereocenters. The van der Waals surface area contributed by atoms with E-state index < -0.39 is 11.9 Å². The fourth-order valence-corrected chi connectivity index (χ4v) is 4.10. The van der Waals surface area contributed by atoms with Crippen LogP contribution in [0.1, 0.15) is 43.1 Å². The Kier molecular flexibility index (Phi) is 7.62. The van der Waals surface area contributed by atoms with Crippen LogP contribution in [0, 0.1) is 5.92 Å². The van der Waals surface area contributed by atoms with Crippen molar-refractivity contribution < 1.29 is 28.6 Å². The summed E-state index contributed by atoms with van der Waals surface area (Å²) in [6.45, 7) is 6.28. The molecule has 1 fully saturated rings. The fourth-order valence-electron chi connectivity index (χ4n) is 4.10. The predicted molar refractivity (Wildman–Crippen MR) is 140 cm³/mol. The van der Waals surface area contributed by atoms with E-state index in [1.807, 2.05) is 12.1 Å². The van der Waals surface area contributed by atoms with Crippen LogP contribution in [0.3, 0.4) is 0 Å². The minimum absolute atomic E-state index is 0.0323. The Bertz CT molecular complexity index is 1270. The molecule has 0 unspecified atom stereocenters. The zero-order valence-corrected chi connectivity index (χ0v) is 21.5. The minimum atomic E-state index is -0.636. The number of rotatable bonds is 8. The summed E-state index contributed by atoms with van der Waals surface area (Å²) < 4.78 is 16.3. The van der Waals surface area contributed by atoms with Crippen LogP contribution >= 0.6 is 0 Å². The number of methoxy groups -OCH3 is 1. The molecule has 1 aliphatic heterocycles. The maximum atomic E-state index is 12.6. The largest absolute Gasteiger partial charge is 0.497 e.